The standard InChI is InChI=1S/C13H10F3N/c14-13(15,16)11-8-4-5-9-12(11)17-10-6-2-1-3-7-10/h1-9,17H. The Balaban J connectivity index is 2.34. The van der Waals surface area contributed by atoms with Crippen molar-refractivity contribution in [1.82, 2.24) is 0 Å². The second-order valence-electron chi connectivity index (χ2n) is 3.53. The highest BCUT2D eigenvalue weighted by Crippen LogP contribution is 2.35. The average Bonchev–Trinajstić information content (AvgIpc) is 2.30. The maximum absolute atomic E-state index is 12.7. The number of hydrogen-bond acceptors (Lipinski definition) is 1. The van der Waals surface area contributed by atoms with Crippen molar-refractivity contribution in [2.45, 2.75) is 6.18 Å². The summed E-state index contributed by atoms with van der Waals surface area (Å²) in [7, 11) is 0. The maximum Gasteiger partial charge on any atom is 0.418 e. The first-order valence-electron chi connectivity index (χ1n) is 5.05. The molecule has 17 heavy (non-hydrogen) atoms. The van der Waals surface area contributed by atoms with Crippen LogP contribution < -0.4 is 5.32 Å². The molecule has 0 aliphatic carbocycles. The number of para-hydroxylation sites is 2. The van der Waals surface area contributed by atoms with Crippen molar-refractivity contribution in [2.75, 3.05) is 5.32 Å². The molecule has 2 rings (SSSR count). The lowest BCUT2D eigenvalue weighted by atomic mass is 10.1. The van der Waals surface area contributed by atoms with Gasteiger partial charge < -0.3 is 5.32 Å². The largest absolute Gasteiger partial charge is 0.418 e. The summed E-state index contributed by atoms with van der Waals surface area (Å²) in [6, 6.07) is 14.2. The van der Waals surface area contributed by atoms with E-state index in [0.29, 0.717) is 5.69 Å². The van der Waals surface area contributed by atoms with Gasteiger partial charge in [0, 0.05) is 5.69 Å². The van der Waals surface area contributed by atoms with Gasteiger partial charge in [0.25, 0.3) is 0 Å². The quantitative estimate of drug-likeness (QED) is 0.813. The van der Waals surface area contributed by atoms with Crippen LogP contribution in [0.5, 0.6) is 0 Å². The van der Waals surface area contributed by atoms with E-state index in [1.807, 2.05) is 0 Å². The van der Waals surface area contributed by atoms with Gasteiger partial charge in [-0.3, -0.25) is 0 Å². The Bertz CT molecular complexity index is 492. The Morgan fingerprint density at radius 3 is 2.00 bits per heavy atom. The molecule has 0 aliphatic heterocycles. The highest BCUT2D eigenvalue weighted by atomic mass is 19.4. The van der Waals surface area contributed by atoms with Crippen LogP contribution >= 0.6 is 0 Å². The van der Waals surface area contributed by atoms with Crippen LogP contribution in [0.4, 0.5) is 24.5 Å². The van der Waals surface area contributed by atoms with E-state index in [9.17, 15) is 13.2 Å². The van der Waals surface area contributed by atoms with Crippen molar-refractivity contribution in [3.8, 4) is 0 Å². The molecule has 0 aliphatic rings. The van der Waals surface area contributed by atoms with Crippen LogP contribution in [0.1, 0.15) is 5.56 Å². The molecule has 1 N–H and O–H groups in total. The van der Waals surface area contributed by atoms with Gasteiger partial charge in [0.05, 0.1) is 11.3 Å². The Hall–Kier alpha value is -1.97. The Morgan fingerprint density at radius 2 is 1.35 bits per heavy atom. The first kappa shape index (κ1) is 11.5. The van der Waals surface area contributed by atoms with Crippen LogP contribution in [0.15, 0.2) is 54.6 Å². The SMILES string of the molecule is FC(F)(F)c1ccccc1Nc1ccccc1. The molecule has 0 amide bonds. The number of rotatable bonds is 2. The molecule has 0 aromatic heterocycles. The summed E-state index contributed by atoms with van der Waals surface area (Å²) in [6.45, 7) is 0. The molecular formula is C13H10F3N. The van der Waals surface area contributed by atoms with E-state index in [-0.39, 0.29) is 5.69 Å². The maximum atomic E-state index is 12.7. The summed E-state index contributed by atoms with van der Waals surface area (Å²) >= 11 is 0. The van der Waals surface area contributed by atoms with Crippen molar-refractivity contribution in [2.24, 2.45) is 0 Å². The zero-order valence-electron chi connectivity index (χ0n) is 8.83. The number of nitrogens with one attached hydrogen (secondary N) is 1. The molecule has 0 radical (unpaired) electrons. The Morgan fingerprint density at radius 1 is 0.765 bits per heavy atom. The van der Waals surface area contributed by atoms with E-state index in [4.69, 9.17) is 0 Å². The van der Waals surface area contributed by atoms with Gasteiger partial charge in [-0.1, -0.05) is 30.3 Å². The topological polar surface area (TPSA) is 12.0 Å². The third-order valence-corrected chi connectivity index (χ3v) is 2.29. The lowest BCUT2D eigenvalue weighted by Crippen LogP contribution is -2.08. The first-order chi connectivity index (χ1) is 8.07. The van der Waals surface area contributed by atoms with E-state index in [1.54, 1.807) is 36.4 Å². The van der Waals surface area contributed by atoms with Gasteiger partial charge in [0.2, 0.25) is 0 Å². The molecule has 0 fully saturated rings. The Labute approximate surface area is 96.9 Å². The Kier molecular flexibility index (Phi) is 3.04. The molecule has 0 atom stereocenters. The van der Waals surface area contributed by atoms with Gasteiger partial charge in [0.1, 0.15) is 0 Å². The fourth-order valence-corrected chi connectivity index (χ4v) is 1.52. The van der Waals surface area contributed by atoms with Gasteiger partial charge in [-0.15, -0.1) is 0 Å². The summed E-state index contributed by atoms with van der Waals surface area (Å²) < 4.78 is 38.1. The molecule has 2 aromatic rings. The molecule has 0 bridgehead atoms. The van der Waals surface area contributed by atoms with Crippen LogP contribution in [-0.2, 0) is 6.18 Å². The monoisotopic (exact) mass is 237 g/mol. The second-order valence-corrected chi connectivity index (χ2v) is 3.53. The van der Waals surface area contributed by atoms with Crippen LogP contribution in [0.3, 0.4) is 0 Å². The smallest absolute Gasteiger partial charge is 0.355 e. The predicted molar refractivity (Wildman–Crippen MR) is 61.2 cm³/mol. The van der Waals surface area contributed by atoms with Crippen molar-refractivity contribution in [1.29, 1.82) is 0 Å². The minimum absolute atomic E-state index is 0.0613. The van der Waals surface area contributed by atoms with Crippen molar-refractivity contribution < 1.29 is 13.2 Å². The molecule has 2 aromatic carbocycles. The molecule has 1 nitrogen and oxygen atoms in total. The minimum atomic E-state index is -4.35. The first-order valence-corrected chi connectivity index (χ1v) is 5.05. The van der Waals surface area contributed by atoms with Crippen molar-refractivity contribution in [3.05, 3.63) is 60.2 Å². The number of benzene rings is 2. The van der Waals surface area contributed by atoms with E-state index in [0.717, 1.165) is 6.07 Å². The lowest BCUT2D eigenvalue weighted by molar-refractivity contribution is -0.136. The summed E-state index contributed by atoms with van der Waals surface area (Å²) in [4.78, 5) is 0. The van der Waals surface area contributed by atoms with Gasteiger partial charge in [0.15, 0.2) is 0 Å². The normalized spacial score (nSPS) is 11.2. The third-order valence-electron chi connectivity index (χ3n) is 2.29. The van der Waals surface area contributed by atoms with Crippen LogP contribution in [-0.4, -0.2) is 0 Å². The zero-order chi connectivity index (χ0) is 12.3. The van der Waals surface area contributed by atoms with Crippen LogP contribution in [0.2, 0.25) is 0 Å². The minimum Gasteiger partial charge on any atom is -0.355 e. The summed E-state index contributed by atoms with van der Waals surface area (Å²) in [5.74, 6) is 0. The number of halogens is 3. The molecule has 0 spiro atoms. The summed E-state index contributed by atoms with van der Waals surface area (Å²) in [5, 5.41) is 2.76. The van der Waals surface area contributed by atoms with Gasteiger partial charge in [-0.25, -0.2) is 0 Å². The molecular weight excluding hydrogens is 227 g/mol. The van der Waals surface area contributed by atoms with E-state index >= 15 is 0 Å². The molecule has 0 heterocycles. The van der Waals surface area contributed by atoms with Crippen molar-refractivity contribution in [3.63, 3.8) is 0 Å². The lowest BCUT2D eigenvalue weighted by Gasteiger charge is -2.14. The zero-order valence-corrected chi connectivity index (χ0v) is 8.83. The molecule has 4 heteroatoms. The van der Waals surface area contributed by atoms with E-state index < -0.39 is 11.7 Å². The molecule has 0 unspecified atom stereocenters. The highest BCUT2D eigenvalue weighted by Gasteiger charge is 2.33. The van der Waals surface area contributed by atoms with Crippen LogP contribution in [0, 0.1) is 0 Å². The van der Waals surface area contributed by atoms with Crippen LogP contribution in [0.25, 0.3) is 0 Å². The number of hydrogen-bond donors (Lipinski definition) is 1. The fourth-order valence-electron chi connectivity index (χ4n) is 1.52. The summed E-state index contributed by atoms with van der Waals surface area (Å²) in [5.41, 5.74) is 0.0271. The summed E-state index contributed by atoms with van der Waals surface area (Å²) in [6.07, 6.45) is -4.35. The third kappa shape index (κ3) is 2.78. The number of alkyl halides is 3. The van der Waals surface area contributed by atoms with E-state index in [1.165, 1.54) is 12.1 Å². The number of anilines is 2. The average molecular weight is 237 g/mol. The van der Waals surface area contributed by atoms with Crippen molar-refractivity contribution >= 4 is 11.4 Å². The highest BCUT2D eigenvalue weighted by molar-refractivity contribution is 5.63. The molecule has 0 saturated heterocycles. The molecule has 88 valence electrons. The van der Waals surface area contributed by atoms with E-state index in [2.05, 4.69) is 5.32 Å². The van der Waals surface area contributed by atoms with Gasteiger partial charge >= 0.3 is 6.18 Å². The second kappa shape index (κ2) is 4.49. The molecule has 0 saturated carbocycles. The predicted octanol–water partition coefficient (Wildman–Crippen LogP) is 4.45. The fraction of sp³-hybridized carbons (Fsp3) is 0.0769. The van der Waals surface area contributed by atoms with Gasteiger partial charge in [-0.2, -0.15) is 13.2 Å². The van der Waals surface area contributed by atoms with Gasteiger partial charge in [-0.05, 0) is 24.3 Å².